The lowest BCUT2D eigenvalue weighted by Gasteiger charge is -2.10. The summed E-state index contributed by atoms with van der Waals surface area (Å²) in [6.45, 7) is 0. The van der Waals surface area contributed by atoms with Gasteiger partial charge in [-0.05, 0) is 30.3 Å². The van der Waals surface area contributed by atoms with E-state index in [0.717, 1.165) is 6.07 Å². The first kappa shape index (κ1) is 15.5. The lowest BCUT2D eigenvalue weighted by Crippen LogP contribution is -2.30. The third-order valence-corrected chi connectivity index (χ3v) is 2.92. The number of methoxy groups -OCH3 is 1. The number of halogens is 1. The summed E-state index contributed by atoms with van der Waals surface area (Å²) in [5.41, 5.74) is 2.82. The number of ether oxygens (including phenoxy) is 1. The first-order valence-electron chi connectivity index (χ1n) is 6.31. The zero-order chi connectivity index (χ0) is 16.1. The van der Waals surface area contributed by atoms with Gasteiger partial charge in [-0.2, -0.15) is 0 Å². The van der Waals surface area contributed by atoms with Crippen LogP contribution in [0.2, 0.25) is 0 Å². The van der Waals surface area contributed by atoms with Gasteiger partial charge >= 0.3 is 0 Å². The van der Waals surface area contributed by atoms with Crippen molar-refractivity contribution in [2.24, 2.45) is 5.84 Å². The van der Waals surface area contributed by atoms with Gasteiger partial charge in [0.2, 0.25) is 0 Å². The molecule has 22 heavy (non-hydrogen) atoms. The Hall–Kier alpha value is -2.93. The first-order valence-corrected chi connectivity index (χ1v) is 6.31. The summed E-state index contributed by atoms with van der Waals surface area (Å²) in [6, 6.07) is 9.77. The van der Waals surface area contributed by atoms with Gasteiger partial charge in [-0.15, -0.1) is 0 Å². The maximum absolute atomic E-state index is 13.1. The molecule has 6 nitrogen and oxygen atoms in total. The van der Waals surface area contributed by atoms with Crippen LogP contribution in [0.4, 0.5) is 10.1 Å². The van der Waals surface area contributed by atoms with Crippen molar-refractivity contribution >= 4 is 17.5 Å². The van der Waals surface area contributed by atoms with Crippen LogP contribution in [-0.4, -0.2) is 18.9 Å². The van der Waals surface area contributed by atoms with Crippen LogP contribution in [0.25, 0.3) is 0 Å². The Kier molecular flexibility index (Phi) is 4.70. The Morgan fingerprint density at radius 2 is 1.91 bits per heavy atom. The number of benzene rings is 2. The first-order chi connectivity index (χ1) is 10.5. The monoisotopic (exact) mass is 303 g/mol. The number of carbonyl (C=O) groups is 2. The van der Waals surface area contributed by atoms with Gasteiger partial charge in [0, 0.05) is 17.3 Å². The van der Waals surface area contributed by atoms with Crippen LogP contribution >= 0.6 is 0 Å². The van der Waals surface area contributed by atoms with Gasteiger partial charge in [0.15, 0.2) is 0 Å². The van der Waals surface area contributed by atoms with Crippen molar-refractivity contribution in [3.63, 3.8) is 0 Å². The maximum atomic E-state index is 13.1. The van der Waals surface area contributed by atoms with E-state index in [1.165, 1.54) is 43.5 Å². The molecule has 0 radical (unpaired) electrons. The van der Waals surface area contributed by atoms with E-state index in [1.54, 1.807) is 0 Å². The molecule has 114 valence electrons. The maximum Gasteiger partial charge on any atom is 0.268 e. The van der Waals surface area contributed by atoms with Crippen molar-refractivity contribution in [2.75, 3.05) is 12.4 Å². The molecule has 0 aliphatic rings. The van der Waals surface area contributed by atoms with Crippen molar-refractivity contribution in [2.45, 2.75) is 0 Å². The van der Waals surface area contributed by atoms with Crippen LogP contribution in [0, 0.1) is 5.82 Å². The minimum Gasteiger partial charge on any atom is -0.496 e. The molecule has 0 bridgehead atoms. The number of anilines is 1. The van der Waals surface area contributed by atoms with Gasteiger partial charge in [-0.25, -0.2) is 10.2 Å². The molecule has 0 unspecified atom stereocenters. The second kappa shape index (κ2) is 6.68. The van der Waals surface area contributed by atoms with E-state index >= 15 is 0 Å². The third kappa shape index (κ3) is 3.39. The summed E-state index contributed by atoms with van der Waals surface area (Å²) in [7, 11) is 1.39. The number of nitrogen functional groups attached to an aromatic ring is 1. The SMILES string of the molecule is COc1cc(NC(=O)c2cccc(F)c2)ccc1C(=O)NN. The standard InChI is InChI=1S/C15H14FN3O3/c1-22-13-8-11(5-6-12(13)15(21)19-17)18-14(20)9-3-2-4-10(16)7-9/h2-8H,17H2,1H3,(H,18,20)(H,19,21). The molecule has 0 aliphatic carbocycles. The molecular weight excluding hydrogens is 289 g/mol. The number of hydrogen-bond acceptors (Lipinski definition) is 4. The Morgan fingerprint density at radius 1 is 1.14 bits per heavy atom. The number of nitrogens with two attached hydrogens (primary N) is 1. The number of hydrogen-bond donors (Lipinski definition) is 3. The molecule has 2 rings (SSSR count). The van der Waals surface area contributed by atoms with Crippen LogP contribution in [0.5, 0.6) is 5.75 Å². The lowest BCUT2D eigenvalue weighted by molar-refractivity contribution is 0.0950. The van der Waals surface area contributed by atoms with Crippen LogP contribution < -0.4 is 21.3 Å². The average Bonchev–Trinajstić information content (AvgIpc) is 2.54. The molecule has 0 fully saturated rings. The van der Waals surface area contributed by atoms with Crippen LogP contribution in [0.15, 0.2) is 42.5 Å². The van der Waals surface area contributed by atoms with Gasteiger partial charge in [0.25, 0.3) is 11.8 Å². The van der Waals surface area contributed by atoms with Gasteiger partial charge in [-0.3, -0.25) is 15.0 Å². The van der Waals surface area contributed by atoms with Crippen molar-refractivity contribution in [3.05, 3.63) is 59.4 Å². The van der Waals surface area contributed by atoms with Crippen LogP contribution in [-0.2, 0) is 0 Å². The summed E-state index contributed by atoms with van der Waals surface area (Å²) in [5, 5.41) is 2.60. The molecule has 0 saturated carbocycles. The fourth-order valence-electron chi connectivity index (χ4n) is 1.87. The molecule has 0 aromatic heterocycles. The highest BCUT2D eigenvalue weighted by atomic mass is 19.1. The molecule has 0 spiro atoms. The van der Waals surface area contributed by atoms with Crippen LogP contribution in [0.1, 0.15) is 20.7 Å². The topological polar surface area (TPSA) is 93.4 Å². The highest BCUT2D eigenvalue weighted by Gasteiger charge is 2.13. The second-order valence-corrected chi connectivity index (χ2v) is 4.35. The Labute approximate surface area is 126 Å². The Bertz CT molecular complexity index is 719. The van der Waals surface area contributed by atoms with Crippen molar-refractivity contribution in [1.82, 2.24) is 5.43 Å². The fraction of sp³-hybridized carbons (Fsp3) is 0.0667. The minimum atomic E-state index is -0.514. The summed E-state index contributed by atoms with van der Waals surface area (Å²) >= 11 is 0. The van der Waals surface area contributed by atoms with Gasteiger partial charge in [-0.1, -0.05) is 6.07 Å². The second-order valence-electron chi connectivity index (χ2n) is 4.35. The smallest absolute Gasteiger partial charge is 0.268 e. The molecule has 2 aromatic rings. The highest BCUT2D eigenvalue weighted by molar-refractivity contribution is 6.05. The van der Waals surface area contributed by atoms with Gasteiger partial charge in [0.05, 0.1) is 12.7 Å². The minimum absolute atomic E-state index is 0.183. The third-order valence-electron chi connectivity index (χ3n) is 2.92. The number of rotatable bonds is 4. The largest absolute Gasteiger partial charge is 0.496 e. The number of carbonyl (C=O) groups excluding carboxylic acids is 2. The van der Waals surface area contributed by atoms with Crippen molar-refractivity contribution in [3.8, 4) is 5.75 Å². The molecule has 0 heterocycles. The lowest BCUT2D eigenvalue weighted by atomic mass is 10.1. The molecule has 0 aliphatic heterocycles. The van der Waals surface area contributed by atoms with Crippen molar-refractivity contribution in [1.29, 1.82) is 0 Å². The summed E-state index contributed by atoms with van der Waals surface area (Å²) in [4.78, 5) is 23.6. The molecule has 2 aromatic carbocycles. The number of amides is 2. The van der Waals surface area contributed by atoms with Crippen LogP contribution in [0.3, 0.4) is 0 Å². The fourth-order valence-corrected chi connectivity index (χ4v) is 1.87. The molecule has 2 amide bonds. The summed E-state index contributed by atoms with van der Waals surface area (Å²) in [6.07, 6.45) is 0. The average molecular weight is 303 g/mol. The molecule has 4 N–H and O–H groups in total. The Morgan fingerprint density at radius 3 is 2.55 bits per heavy atom. The predicted octanol–water partition coefficient (Wildman–Crippen LogP) is 1.69. The van der Waals surface area contributed by atoms with E-state index < -0.39 is 17.6 Å². The van der Waals surface area contributed by atoms with Crippen molar-refractivity contribution < 1.29 is 18.7 Å². The van der Waals surface area contributed by atoms with E-state index in [9.17, 15) is 14.0 Å². The quantitative estimate of drug-likeness (QED) is 0.455. The normalized spacial score (nSPS) is 9.95. The molecule has 7 heteroatoms. The number of hydrazine groups is 1. The zero-order valence-electron chi connectivity index (χ0n) is 11.7. The summed E-state index contributed by atoms with van der Waals surface area (Å²) in [5.74, 6) is 3.84. The predicted molar refractivity (Wildman–Crippen MR) is 79.0 cm³/mol. The van der Waals surface area contributed by atoms with E-state index in [0.29, 0.717) is 5.69 Å². The van der Waals surface area contributed by atoms with E-state index in [-0.39, 0.29) is 16.9 Å². The highest BCUT2D eigenvalue weighted by Crippen LogP contribution is 2.23. The molecular formula is C15H14FN3O3. The summed E-state index contributed by atoms with van der Waals surface area (Å²) < 4.78 is 18.2. The molecule has 0 atom stereocenters. The molecule has 0 saturated heterocycles. The van der Waals surface area contributed by atoms with Gasteiger partial charge < -0.3 is 10.1 Å². The van der Waals surface area contributed by atoms with E-state index in [4.69, 9.17) is 10.6 Å². The zero-order valence-corrected chi connectivity index (χ0v) is 11.7. The Balaban J connectivity index is 2.23. The van der Waals surface area contributed by atoms with Gasteiger partial charge in [0.1, 0.15) is 11.6 Å². The number of nitrogens with one attached hydrogen (secondary N) is 2. The van der Waals surface area contributed by atoms with E-state index in [1.807, 2.05) is 5.43 Å². The van der Waals surface area contributed by atoms with E-state index in [2.05, 4.69) is 5.32 Å².